The van der Waals surface area contributed by atoms with Crippen molar-refractivity contribution in [3.05, 3.63) is 23.8 Å². The van der Waals surface area contributed by atoms with Gasteiger partial charge in [-0.05, 0) is 6.42 Å². The molecule has 1 atom stereocenters. The fourth-order valence-electron chi connectivity index (χ4n) is 1.27. The molecule has 1 aliphatic carbocycles. The molecule has 0 fully saturated rings. The summed E-state index contributed by atoms with van der Waals surface area (Å²) in [6, 6.07) is 0. The molecule has 0 aromatic heterocycles. The standard InChI is InChI=1S/C10H12O4/c1-13-9(11)7-4-3-5-8(6-7)10(12)14-2/h3-5,7H,6H2,1-2H3. The molecule has 1 aliphatic rings. The lowest BCUT2D eigenvalue weighted by Gasteiger charge is -2.14. The summed E-state index contributed by atoms with van der Waals surface area (Å²) in [4.78, 5) is 22.3. The van der Waals surface area contributed by atoms with Crippen LogP contribution < -0.4 is 0 Å². The fourth-order valence-corrected chi connectivity index (χ4v) is 1.27. The lowest BCUT2D eigenvalue weighted by atomic mass is 9.94. The van der Waals surface area contributed by atoms with Crippen LogP contribution in [0, 0.1) is 5.92 Å². The predicted octanol–water partition coefficient (Wildman–Crippen LogP) is 0.835. The Labute approximate surface area is 82.2 Å². The normalized spacial score (nSPS) is 19.9. The van der Waals surface area contributed by atoms with Crippen LogP contribution >= 0.6 is 0 Å². The highest BCUT2D eigenvalue weighted by Crippen LogP contribution is 2.20. The topological polar surface area (TPSA) is 52.6 Å². The van der Waals surface area contributed by atoms with Crippen molar-refractivity contribution in [3.8, 4) is 0 Å². The third-order valence-electron chi connectivity index (χ3n) is 2.03. The van der Waals surface area contributed by atoms with Gasteiger partial charge in [0.2, 0.25) is 0 Å². The average molecular weight is 196 g/mol. The molecule has 0 amide bonds. The van der Waals surface area contributed by atoms with E-state index < -0.39 is 5.97 Å². The second-order valence-electron chi connectivity index (χ2n) is 2.90. The first-order chi connectivity index (χ1) is 6.69. The Morgan fingerprint density at radius 2 is 2.07 bits per heavy atom. The van der Waals surface area contributed by atoms with E-state index in [1.54, 1.807) is 18.2 Å². The Kier molecular flexibility index (Phi) is 3.45. The molecule has 0 saturated heterocycles. The van der Waals surface area contributed by atoms with E-state index in [1.807, 2.05) is 0 Å². The summed E-state index contributed by atoms with van der Waals surface area (Å²) in [7, 11) is 2.64. The molecule has 76 valence electrons. The zero-order valence-electron chi connectivity index (χ0n) is 8.15. The summed E-state index contributed by atoms with van der Waals surface area (Å²) >= 11 is 0. The Morgan fingerprint density at radius 3 is 2.64 bits per heavy atom. The van der Waals surface area contributed by atoms with Crippen LogP contribution in [0.15, 0.2) is 23.8 Å². The van der Waals surface area contributed by atoms with Crippen molar-refractivity contribution >= 4 is 11.9 Å². The van der Waals surface area contributed by atoms with E-state index >= 15 is 0 Å². The molecule has 0 N–H and O–H groups in total. The van der Waals surface area contributed by atoms with Gasteiger partial charge in [-0.15, -0.1) is 0 Å². The van der Waals surface area contributed by atoms with Gasteiger partial charge in [-0.25, -0.2) is 4.79 Å². The smallest absolute Gasteiger partial charge is 0.333 e. The van der Waals surface area contributed by atoms with Gasteiger partial charge < -0.3 is 9.47 Å². The maximum atomic E-state index is 11.2. The number of hydrogen-bond acceptors (Lipinski definition) is 4. The molecule has 14 heavy (non-hydrogen) atoms. The molecular weight excluding hydrogens is 184 g/mol. The lowest BCUT2D eigenvalue weighted by molar-refractivity contribution is -0.143. The molecule has 0 spiro atoms. The third kappa shape index (κ3) is 2.22. The molecule has 0 radical (unpaired) electrons. The predicted molar refractivity (Wildman–Crippen MR) is 49.4 cm³/mol. The lowest BCUT2D eigenvalue weighted by Crippen LogP contribution is -2.19. The molecule has 0 saturated carbocycles. The maximum Gasteiger partial charge on any atom is 0.333 e. The SMILES string of the molecule is COC(=O)C1=CC=CC(C(=O)OC)C1. The van der Waals surface area contributed by atoms with Crippen molar-refractivity contribution in [1.29, 1.82) is 0 Å². The Hall–Kier alpha value is -1.58. The van der Waals surface area contributed by atoms with Crippen LogP contribution in [-0.2, 0) is 19.1 Å². The molecule has 4 heteroatoms. The van der Waals surface area contributed by atoms with Crippen LogP contribution in [0.3, 0.4) is 0 Å². The Bertz CT molecular complexity index is 301. The van der Waals surface area contributed by atoms with Crippen LogP contribution in [0.5, 0.6) is 0 Å². The summed E-state index contributed by atoms with van der Waals surface area (Å²) < 4.78 is 9.14. The van der Waals surface area contributed by atoms with Gasteiger partial charge in [-0.3, -0.25) is 4.79 Å². The van der Waals surface area contributed by atoms with Gasteiger partial charge in [0.25, 0.3) is 0 Å². The molecule has 0 aromatic rings. The zero-order chi connectivity index (χ0) is 10.6. The van der Waals surface area contributed by atoms with E-state index in [2.05, 4.69) is 9.47 Å². The maximum absolute atomic E-state index is 11.2. The number of hydrogen-bond donors (Lipinski definition) is 0. The zero-order valence-corrected chi connectivity index (χ0v) is 8.15. The van der Waals surface area contributed by atoms with Gasteiger partial charge in [-0.1, -0.05) is 18.2 Å². The minimum Gasteiger partial charge on any atom is -0.469 e. The average Bonchev–Trinajstić information content (AvgIpc) is 2.27. The van der Waals surface area contributed by atoms with E-state index in [1.165, 1.54) is 14.2 Å². The molecule has 4 nitrogen and oxygen atoms in total. The highest BCUT2D eigenvalue weighted by molar-refractivity contribution is 5.90. The number of allylic oxidation sites excluding steroid dienone is 2. The van der Waals surface area contributed by atoms with E-state index in [9.17, 15) is 9.59 Å². The number of ether oxygens (including phenoxy) is 2. The molecule has 0 aromatic carbocycles. The fraction of sp³-hybridized carbons (Fsp3) is 0.400. The van der Waals surface area contributed by atoms with Gasteiger partial charge in [-0.2, -0.15) is 0 Å². The first-order valence-electron chi connectivity index (χ1n) is 4.22. The van der Waals surface area contributed by atoms with E-state index in [0.29, 0.717) is 12.0 Å². The van der Waals surface area contributed by atoms with Crippen molar-refractivity contribution < 1.29 is 19.1 Å². The Balaban J connectivity index is 2.69. The van der Waals surface area contributed by atoms with E-state index in [-0.39, 0.29) is 11.9 Å². The van der Waals surface area contributed by atoms with Gasteiger partial charge >= 0.3 is 11.9 Å². The van der Waals surface area contributed by atoms with Gasteiger partial charge in [0.15, 0.2) is 0 Å². The van der Waals surface area contributed by atoms with Crippen molar-refractivity contribution in [2.45, 2.75) is 6.42 Å². The molecular formula is C10H12O4. The molecule has 1 rings (SSSR count). The summed E-state index contributed by atoms with van der Waals surface area (Å²) in [6.07, 6.45) is 5.36. The number of rotatable bonds is 2. The quantitative estimate of drug-likeness (QED) is 0.614. The molecule has 0 bridgehead atoms. The summed E-state index contributed by atoms with van der Waals surface area (Å²) in [5.41, 5.74) is 0.491. The first kappa shape index (κ1) is 10.5. The number of carbonyl (C=O) groups excluding carboxylic acids is 2. The van der Waals surface area contributed by atoms with E-state index in [0.717, 1.165) is 0 Å². The number of esters is 2. The van der Waals surface area contributed by atoms with Crippen LogP contribution in [0.4, 0.5) is 0 Å². The minimum absolute atomic E-state index is 0.337. The van der Waals surface area contributed by atoms with Crippen LogP contribution in [0.1, 0.15) is 6.42 Å². The van der Waals surface area contributed by atoms with Crippen LogP contribution in [0.2, 0.25) is 0 Å². The molecule has 0 aliphatic heterocycles. The third-order valence-corrected chi connectivity index (χ3v) is 2.03. The van der Waals surface area contributed by atoms with Crippen molar-refractivity contribution in [1.82, 2.24) is 0 Å². The van der Waals surface area contributed by atoms with Crippen LogP contribution in [-0.4, -0.2) is 26.2 Å². The van der Waals surface area contributed by atoms with Crippen molar-refractivity contribution in [3.63, 3.8) is 0 Å². The largest absolute Gasteiger partial charge is 0.469 e. The summed E-state index contributed by atoms with van der Waals surface area (Å²) in [6.45, 7) is 0. The second-order valence-corrected chi connectivity index (χ2v) is 2.90. The highest BCUT2D eigenvalue weighted by atomic mass is 16.5. The van der Waals surface area contributed by atoms with Crippen LogP contribution in [0.25, 0.3) is 0 Å². The number of methoxy groups -OCH3 is 2. The summed E-state index contributed by atoms with van der Waals surface area (Å²) in [5, 5.41) is 0. The minimum atomic E-state index is -0.400. The van der Waals surface area contributed by atoms with Gasteiger partial charge in [0.05, 0.1) is 20.1 Å². The van der Waals surface area contributed by atoms with E-state index in [4.69, 9.17) is 0 Å². The van der Waals surface area contributed by atoms with Crippen molar-refractivity contribution in [2.24, 2.45) is 5.92 Å². The van der Waals surface area contributed by atoms with Gasteiger partial charge in [0, 0.05) is 5.57 Å². The Morgan fingerprint density at radius 1 is 1.36 bits per heavy atom. The monoisotopic (exact) mass is 196 g/mol. The van der Waals surface area contributed by atoms with Crippen molar-refractivity contribution in [2.75, 3.05) is 14.2 Å². The summed E-state index contributed by atoms with van der Waals surface area (Å²) in [5.74, 6) is -1.11. The second kappa shape index (κ2) is 4.60. The van der Waals surface area contributed by atoms with Gasteiger partial charge in [0.1, 0.15) is 0 Å². The molecule has 0 heterocycles. The highest BCUT2D eigenvalue weighted by Gasteiger charge is 2.23. The molecule has 1 unspecified atom stereocenters. The first-order valence-corrected chi connectivity index (χ1v) is 4.22. The number of carbonyl (C=O) groups is 2.